The summed E-state index contributed by atoms with van der Waals surface area (Å²) in [7, 11) is 0. The fourth-order valence-electron chi connectivity index (χ4n) is 2.25. The molecule has 0 aliphatic carbocycles. The van der Waals surface area contributed by atoms with Gasteiger partial charge in [0, 0.05) is 0 Å². The third-order valence-electron chi connectivity index (χ3n) is 3.24. The van der Waals surface area contributed by atoms with Crippen LogP contribution in [-0.2, 0) is 4.74 Å². The van der Waals surface area contributed by atoms with E-state index in [-0.39, 0.29) is 27.5 Å². The standard InChI is InChI=1S/C10H11Cl2N5O4/c11-6-3-7(16-10(13)15-6)17(9(12)14-3)8-5(20)4(19)2(1-18)21-8/h2,4-5,8,18-20H,1H2,(H2,13,15,16)/t2-,4+,5-,8+/m0/s1. The predicted molar refractivity (Wildman–Crippen MR) is 72.8 cm³/mol. The van der Waals surface area contributed by atoms with Crippen molar-refractivity contribution in [1.82, 2.24) is 19.5 Å². The quantitative estimate of drug-likeness (QED) is 0.418. The summed E-state index contributed by atoms with van der Waals surface area (Å²) in [5.74, 6) is -0.0999. The van der Waals surface area contributed by atoms with Gasteiger partial charge in [0.05, 0.1) is 6.61 Å². The number of hydrogen-bond acceptors (Lipinski definition) is 8. The second-order valence-electron chi connectivity index (χ2n) is 4.52. The van der Waals surface area contributed by atoms with Crippen molar-refractivity contribution in [3.8, 4) is 0 Å². The number of nitrogens with two attached hydrogens (primary N) is 1. The van der Waals surface area contributed by atoms with Crippen LogP contribution in [0.2, 0.25) is 10.4 Å². The van der Waals surface area contributed by atoms with Gasteiger partial charge < -0.3 is 25.8 Å². The van der Waals surface area contributed by atoms with Crippen LogP contribution in [0, 0.1) is 0 Å². The van der Waals surface area contributed by atoms with Crippen LogP contribution >= 0.6 is 23.2 Å². The van der Waals surface area contributed by atoms with Crippen LogP contribution in [0.1, 0.15) is 6.23 Å². The topological polar surface area (TPSA) is 140 Å². The van der Waals surface area contributed by atoms with Gasteiger partial charge in [0.15, 0.2) is 17.0 Å². The SMILES string of the molecule is Nc1nc(Cl)c2nc(Cl)n([C@@H]3O[C@@H](CO)[C@@H](O)[C@@H]3O)c2n1. The lowest BCUT2D eigenvalue weighted by atomic mass is 10.1. The van der Waals surface area contributed by atoms with Gasteiger partial charge in [-0.05, 0) is 11.6 Å². The Balaban J connectivity index is 2.15. The van der Waals surface area contributed by atoms with Crippen LogP contribution in [0.15, 0.2) is 0 Å². The first-order valence-corrected chi connectivity index (χ1v) is 6.68. The van der Waals surface area contributed by atoms with Crippen LogP contribution in [-0.4, -0.2) is 59.8 Å². The van der Waals surface area contributed by atoms with Crippen LogP contribution in [0.25, 0.3) is 11.2 Å². The molecule has 1 fully saturated rings. The van der Waals surface area contributed by atoms with Crippen molar-refractivity contribution in [3.63, 3.8) is 0 Å². The minimum atomic E-state index is -1.33. The Hall–Kier alpha value is -1.23. The van der Waals surface area contributed by atoms with Gasteiger partial charge in [-0.3, -0.25) is 4.57 Å². The molecule has 0 unspecified atom stereocenters. The molecule has 1 aliphatic rings. The van der Waals surface area contributed by atoms with Gasteiger partial charge in [-0.15, -0.1) is 0 Å². The van der Waals surface area contributed by atoms with Crippen LogP contribution in [0.3, 0.4) is 0 Å². The van der Waals surface area contributed by atoms with Gasteiger partial charge in [-0.2, -0.15) is 9.97 Å². The summed E-state index contributed by atoms with van der Waals surface area (Å²) in [5, 5.41) is 28.9. The van der Waals surface area contributed by atoms with E-state index >= 15 is 0 Å². The molecule has 114 valence electrons. The maximum Gasteiger partial charge on any atom is 0.223 e. The molecule has 2 aromatic rings. The zero-order chi connectivity index (χ0) is 15.3. The second-order valence-corrected chi connectivity index (χ2v) is 5.22. The Bertz CT molecular complexity index is 696. The lowest BCUT2D eigenvalue weighted by Gasteiger charge is -2.17. The molecule has 0 amide bonds. The number of nitrogens with zero attached hydrogens (tertiary/aromatic N) is 4. The molecule has 21 heavy (non-hydrogen) atoms. The van der Waals surface area contributed by atoms with Gasteiger partial charge in [-0.1, -0.05) is 11.6 Å². The van der Waals surface area contributed by atoms with E-state index < -0.39 is 31.1 Å². The molecule has 1 saturated heterocycles. The monoisotopic (exact) mass is 335 g/mol. The fraction of sp³-hybridized carbons (Fsp3) is 0.500. The number of aromatic nitrogens is 4. The number of hydrogen-bond donors (Lipinski definition) is 4. The van der Waals surface area contributed by atoms with E-state index in [2.05, 4.69) is 15.0 Å². The number of nitrogen functional groups attached to an aromatic ring is 1. The summed E-state index contributed by atoms with van der Waals surface area (Å²) < 4.78 is 6.63. The summed E-state index contributed by atoms with van der Waals surface area (Å²) >= 11 is 11.9. The summed E-state index contributed by atoms with van der Waals surface area (Å²) in [6.07, 6.45) is -4.64. The average molecular weight is 336 g/mol. The first-order valence-electron chi connectivity index (χ1n) is 5.93. The number of aliphatic hydroxyl groups is 3. The number of fused-ring (bicyclic) bond motifs is 1. The molecule has 0 saturated carbocycles. The number of anilines is 1. The highest BCUT2D eigenvalue weighted by molar-refractivity contribution is 6.34. The van der Waals surface area contributed by atoms with Gasteiger partial charge in [0.25, 0.3) is 0 Å². The van der Waals surface area contributed by atoms with Crippen LogP contribution in [0.4, 0.5) is 5.95 Å². The van der Waals surface area contributed by atoms with Crippen molar-refractivity contribution >= 4 is 40.3 Å². The molecule has 0 aromatic carbocycles. The number of ether oxygens (including phenoxy) is 1. The van der Waals surface area contributed by atoms with E-state index in [4.69, 9.17) is 38.8 Å². The maximum atomic E-state index is 10.1. The smallest absolute Gasteiger partial charge is 0.223 e. The summed E-state index contributed by atoms with van der Waals surface area (Å²) in [4.78, 5) is 11.7. The zero-order valence-corrected chi connectivity index (χ0v) is 11.9. The Kier molecular flexibility index (Phi) is 3.64. The molecule has 3 rings (SSSR count). The zero-order valence-electron chi connectivity index (χ0n) is 10.4. The molecule has 4 atom stereocenters. The van der Waals surface area contributed by atoms with Gasteiger partial charge in [0.2, 0.25) is 11.2 Å². The van der Waals surface area contributed by atoms with Crippen molar-refractivity contribution in [2.24, 2.45) is 0 Å². The molecule has 1 aliphatic heterocycles. The molecular weight excluding hydrogens is 325 g/mol. The highest BCUT2D eigenvalue weighted by Gasteiger charge is 2.44. The fourth-order valence-corrected chi connectivity index (χ4v) is 2.72. The van der Waals surface area contributed by atoms with E-state index in [9.17, 15) is 10.2 Å². The molecule has 0 radical (unpaired) electrons. The van der Waals surface area contributed by atoms with Crippen molar-refractivity contribution in [2.75, 3.05) is 12.3 Å². The predicted octanol–water partition coefficient (Wildman–Crippen LogP) is -0.673. The first kappa shape index (κ1) is 14.7. The minimum Gasteiger partial charge on any atom is -0.394 e. The summed E-state index contributed by atoms with van der Waals surface area (Å²) in [6.45, 7) is -0.461. The first-order chi connectivity index (χ1) is 9.93. The molecular formula is C10H11Cl2N5O4. The van der Waals surface area contributed by atoms with Crippen molar-refractivity contribution in [2.45, 2.75) is 24.5 Å². The molecule has 9 nitrogen and oxygen atoms in total. The Morgan fingerprint density at radius 2 is 1.90 bits per heavy atom. The van der Waals surface area contributed by atoms with Crippen LogP contribution in [0.5, 0.6) is 0 Å². The van der Waals surface area contributed by atoms with Crippen LogP contribution < -0.4 is 5.73 Å². The van der Waals surface area contributed by atoms with Crippen molar-refractivity contribution in [1.29, 1.82) is 0 Å². The normalized spacial score (nSPS) is 29.4. The Morgan fingerprint density at radius 1 is 1.19 bits per heavy atom. The van der Waals surface area contributed by atoms with Gasteiger partial charge in [0.1, 0.15) is 23.8 Å². The minimum absolute atomic E-state index is 0.00453. The number of rotatable bonds is 2. The van der Waals surface area contributed by atoms with E-state index in [1.54, 1.807) is 0 Å². The van der Waals surface area contributed by atoms with Crippen molar-refractivity contribution < 1.29 is 20.1 Å². The molecule has 2 aromatic heterocycles. The van der Waals surface area contributed by atoms with Crippen molar-refractivity contribution in [3.05, 3.63) is 10.4 Å². The lowest BCUT2D eigenvalue weighted by molar-refractivity contribution is -0.0509. The molecule has 11 heteroatoms. The van der Waals surface area contributed by atoms with Gasteiger partial charge in [-0.25, -0.2) is 4.98 Å². The third-order valence-corrected chi connectivity index (χ3v) is 3.77. The summed E-state index contributed by atoms with van der Waals surface area (Å²) in [5.41, 5.74) is 5.88. The highest BCUT2D eigenvalue weighted by atomic mass is 35.5. The van der Waals surface area contributed by atoms with E-state index in [1.165, 1.54) is 4.57 Å². The molecule has 0 bridgehead atoms. The summed E-state index contributed by atoms with van der Waals surface area (Å²) in [6, 6.07) is 0. The largest absolute Gasteiger partial charge is 0.394 e. The number of halogens is 2. The third kappa shape index (κ3) is 2.22. The number of imidazole rings is 1. The Morgan fingerprint density at radius 3 is 2.52 bits per heavy atom. The molecule has 5 N–H and O–H groups in total. The molecule has 0 spiro atoms. The number of aliphatic hydroxyl groups excluding tert-OH is 3. The van der Waals surface area contributed by atoms with E-state index in [1.807, 2.05) is 0 Å². The van der Waals surface area contributed by atoms with E-state index in [0.29, 0.717) is 0 Å². The Labute approximate surface area is 127 Å². The lowest BCUT2D eigenvalue weighted by Crippen LogP contribution is -2.33. The highest BCUT2D eigenvalue weighted by Crippen LogP contribution is 2.35. The maximum absolute atomic E-state index is 10.1. The average Bonchev–Trinajstić information content (AvgIpc) is 2.89. The molecule has 3 heterocycles. The van der Waals surface area contributed by atoms with E-state index in [0.717, 1.165) is 0 Å². The second kappa shape index (κ2) is 5.20. The van der Waals surface area contributed by atoms with Gasteiger partial charge >= 0.3 is 0 Å².